The molecule has 0 radical (unpaired) electrons. The number of rotatable bonds is 7. The number of thioether (sulfide) groups is 1. The number of nitrogens with zero attached hydrogens (tertiary/aromatic N) is 3. The predicted octanol–water partition coefficient (Wildman–Crippen LogP) is 3.49. The molecule has 152 valence electrons. The molecule has 0 atom stereocenters. The molecule has 2 aromatic carbocycles. The van der Waals surface area contributed by atoms with E-state index in [2.05, 4.69) is 20.5 Å². The van der Waals surface area contributed by atoms with Crippen molar-refractivity contribution in [3.05, 3.63) is 63.9 Å². The number of methoxy groups -OCH3 is 2. The minimum atomic E-state index is -0.548. The maximum atomic E-state index is 12.3. The number of nitriles is 1. The van der Waals surface area contributed by atoms with Gasteiger partial charge in [0.1, 0.15) is 23.1 Å². The number of aromatic amines is 1. The number of benzene rings is 2. The van der Waals surface area contributed by atoms with Gasteiger partial charge >= 0.3 is 0 Å². The second kappa shape index (κ2) is 9.62. The Kier molecular flexibility index (Phi) is 6.72. The van der Waals surface area contributed by atoms with Crippen LogP contribution in [0.2, 0.25) is 0 Å². The molecule has 1 aromatic heterocycles. The molecule has 0 spiro atoms. The van der Waals surface area contributed by atoms with Crippen molar-refractivity contribution in [2.75, 3.05) is 25.9 Å². The van der Waals surface area contributed by atoms with Crippen molar-refractivity contribution in [2.45, 2.75) is 4.90 Å². The second-order valence-corrected chi connectivity index (χ2v) is 6.78. The van der Waals surface area contributed by atoms with Crippen LogP contribution in [0.15, 0.2) is 57.3 Å². The average molecular weight is 421 g/mol. The van der Waals surface area contributed by atoms with E-state index in [0.29, 0.717) is 22.6 Å². The van der Waals surface area contributed by atoms with E-state index >= 15 is 0 Å². The van der Waals surface area contributed by atoms with Crippen LogP contribution in [0.4, 0.5) is 5.95 Å². The lowest BCUT2D eigenvalue weighted by molar-refractivity contribution is 0.394. The minimum Gasteiger partial charge on any atom is -0.496 e. The van der Waals surface area contributed by atoms with Crippen LogP contribution < -0.4 is 20.5 Å². The highest BCUT2D eigenvalue weighted by Gasteiger charge is 2.13. The van der Waals surface area contributed by atoms with Crippen LogP contribution in [0, 0.1) is 11.3 Å². The van der Waals surface area contributed by atoms with Gasteiger partial charge in [0.15, 0.2) is 0 Å². The fourth-order valence-electron chi connectivity index (χ4n) is 2.75. The van der Waals surface area contributed by atoms with Crippen LogP contribution in [0.1, 0.15) is 11.1 Å². The molecule has 0 aliphatic rings. The molecule has 2 N–H and O–H groups in total. The first-order valence-electron chi connectivity index (χ1n) is 8.80. The van der Waals surface area contributed by atoms with Crippen LogP contribution in [0.25, 0.3) is 11.3 Å². The van der Waals surface area contributed by atoms with Crippen molar-refractivity contribution in [1.29, 1.82) is 5.26 Å². The summed E-state index contributed by atoms with van der Waals surface area (Å²) < 4.78 is 10.8. The highest BCUT2D eigenvalue weighted by Crippen LogP contribution is 2.33. The summed E-state index contributed by atoms with van der Waals surface area (Å²) in [4.78, 5) is 20.1. The summed E-state index contributed by atoms with van der Waals surface area (Å²) >= 11 is 1.54. The van der Waals surface area contributed by atoms with E-state index in [1.165, 1.54) is 6.21 Å². The molecular weight excluding hydrogens is 402 g/mol. The third-order valence-corrected chi connectivity index (χ3v) is 4.95. The van der Waals surface area contributed by atoms with Crippen molar-refractivity contribution < 1.29 is 9.47 Å². The summed E-state index contributed by atoms with van der Waals surface area (Å²) in [6.45, 7) is 0. The van der Waals surface area contributed by atoms with Crippen LogP contribution in [0.3, 0.4) is 0 Å². The zero-order valence-electron chi connectivity index (χ0n) is 16.6. The quantitative estimate of drug-likeness (QED) is 0.341. The largest absolute Gasteiger partial charge is 0.496 e. The van der Waals surface area contributed by atoms with Crippen LogP contribution in [-0.2, 0) is 0 Å². The zero-order valence-corrected chi connectivity index (χ0v) is 17.4. The third kappa shape index (κ3) is 4.45. The van der Waals surface area contributed by atoms with E-state index in [9.17, 15) is 10.1 Å². The number of anilines is 1. The van der Waals surface area contributed by atoms with Gasteiger partial charge in [-0.15, -0.1) is 11.8 Å². The highest BCUT2D eigenvalue weighted by atomic mass is 32.2. The van der Waals surface area contributed by atoms with Gasteiger partial charge in [0, 0.05) is 11.1 Å². The Bertz CT molecular complexity index is 1170. The molecule has 0 aliphatic carbocycles. The molecule has 0 amide bonds. The van der Waals surface area contributed by atoms with Gasteiger partial charge in [0.05, 0.1) is 31.0 Å². The molecule has 8 nitrogen and oxygen atoms in total. The topological polar surface area (TPSA) is 112 Å². The summed E-state index contributed by atoms with van der Waals surface area (Å²) in [7, 11) is 3.17. The molecule has 0 saturated heterocycles. The van der Waals surface area contributed by atoms with Crippen molar-refractivity contribution >= 4 is 23.9 Å². The molecule has 3 rings (SSSR count). The van der Waals surface area contributed by atoms with E-state index in [4.69, 9.17) is 9.47 Å². The maximum Gasteiger partial charge on any atom is 0.270 e. The Morgan fingerprint density at radius 2 is 1.93 bits per heavy atom. The predicted molar refractivity (Wildman–Crippen MR) is 118 cm³/mol. The van der Waals surface area contributed by atoms with Crippen molar-refractivity contribution in [3.63, 3.8) is 0 Å². The zero-order chi connectivity index (χ0) is 21.5. The lowest BCUT2D eigenvalue weighted by atomic mass is 10.1. The van der Waals surface area contributed by atoms with E-state index in [1.807, 2.05) is 36.6 Å². The van der Waals surface area contributed by atoms with Gasteiger partial charge in [0.2, 0.25) is 5.95 Å². The van der Waals surface area contributed by atoms with Gasteiger partial charge in [-0.1, -0.05) is 30.3 Å². The fraction of sp³-hybridized carbons (Fsp3) is 0.143. The van der Waals surface area contributed by atoms with E-state index in [1.54, 1.807) is 44.2 Å². The van der Waals surface area contributed by atoms with Gasteiger partial charge in [-0.25, -0.2) is 10.4 Å². The van der Waals surface area contributed by atoms with Gasteiger partial charge in [-0.2, -0.15) is 10.4 Å². The smallest absolute Gasteiger partial charge is 0.270 e. The summed E-state index contributed by atoms with van der Waals surface area (Å²) in [5.41, 5.74) is 3.71. The van der Waals surface area contributed by atoms with E-state index in [-0.39, 0.29) is 17.2 Å². The lowest BCUT2D eigenvalue weighted by Crippen LogP contribution is -2.16. The first kappa shape index (κ1) is 21.0. The fourth-order valence-corrected chi connectivity index (χ4v) is 3.32. The first-order valence-corrected chi connectivity index (χ1v) is 10.0. The van der Waals surface area contributed by atoms with E-state index < -0.39 is 5.56 Å². The standard InChI is InChI=1S/C21H19N5O3S/c1-28-16-10-18(30-3)17(29-2)9-14(16)12-23-26-21-24-19(13-7-5-4-6-8-13)15(11-22)20(27)25-21/h4-10,12H,1-3H3,(H2,24,25,26,27). The molecule has 30 heavy (non-hydrogen) atoms. The number of hydrogen-bond acceptors (Lipinski definition) is 8. The molecule has 3 aromatic rings. The van der Waals surface area contributed by atoms with Crippen molar-refractivity contribution in [2.24, 2.45) is 5.10 Å². The van der Waals surface area contributed by atoms with Gasteiger partial charge in [-0.05, 0) is 18.4 Å². The highest BCUT2D eigenvalue weighted by molar-refractivity contribution is 7.98. The van der Waals surface area contributed by atoms with Gasteiger partial charge < -0.3 is 9.47 Å². The van der Waals surface area contributed by atoms with Crippen molar-refractivity contribution in [1.82, 2.24) is 9.97 Å². The normalized spacial score (nSPS) is 10.6. The Hall–Kier alpha value is -3.77. The Morgan fingerprint density at radius 1 is 1.20 bits per heavy atom. The number of aromatic nitrogens is 2. The summed E-state index contributed by atoms with van der Waals surface area (Å²) in [6.07, 6.45) is 3.48. The molecule has 0 saturated carbocycles. The summed E-state index contributed by atoms with van der Waals surface area (Å²) in [5, 5.41) is 13.5. The lowest BCUT2D eigenvalue weighted by Gasteiger charge is -2.11. The molecule has 0 unspecified atom stereocenters. The molecule has 0 bridgehead atoms. The average Bonchev–Trinajstić information content (AvgIpc) is 2.78. The number of hydrogen-bond donors (Lipinski definition) is 2. The van der Waals surface area contributed by atoms with Crippen LogP contribution in [-0.4, -0.2) is 36.7 Å². The molecule has 0 fully saturated rings. The first-order chi connectivity index (χ1) is 14.6. The minimum absolute atomic E-state index is 0.0604. The molecule has 1 heterocycles. The third-order valence-electron chi connectivity index (χ3n) is 4.19. The molecule has 0 aliphatic heterocycles. The summed E-state index contributed by atoms with van der Waals surface area (Å²) in [6, 6.07) is 14.6. The number of ether oxygens (including phenoxy) is 2. The molecule has 9 heteroatoms. The molecular formula is C21H19N5O3S. The Morgan fingerprint density at radius 3 is 2.57 bits per heavy atom. The van der Waals surface area contributed by atoms with Gasteiger partial charge in [-0.3, -0.25) is 9.78 Å². The number of hydrazone groups is 1. The number of H-pyrrole nitrogens is 1. The Labute approximate surface area is 177 Å². The van der Waals surface area contributed by atoms with Crippen LogP contribution in [0.5, 0.6) is 11.5 Å². The monoisotopic (exact) mass is 421 g/mol. The van der Waals surface area contributed by atoms with E-state index in [0.717, 1.165) is 4.90 Å². The SMILES string of the molecule is COc1cc(SC)c(OC)cc1C=NNc1nc(-c2ccccc2)c(C#N)c(=O)[nH]1. The van der Waals surface area contributed by atoms with Crippen molar-refractivity contribution in [3.8, 4) is 28.8 Å². The maximum absolute atomic E-state index is 12.3. The second-order valence-electron chi connectivity index (χ2n) is 5.94. The summed E-state index contributed by atoms with van der Waals surface area (Å²) in [5.74, 6) is 1.43. The Balaban J connectivity index is 1.93. The van der Waals surface area contributed by atoms with Crippen LogP contribution >= 0.6 is 11.8 Å². The number of nitrogens with one attached hydrogen (secondary N) is 2. The van der Waals surface area contributed by atoms with Gasteiger partial charge in [0.25, 0.3) is 5.56 Å².